The number of nitrogens with zero attached hydrogens (tertiary/aromatic N) is 2. The summed E-state index contributed by atoms with van der Waals surface area (Å²) in [4.78, 5) is 21.3. The number of piperidine rings is 3. The van der Waals surface area contributed by atoms with E-state index in [-0.39, 0.29) is 5.91 Å². The number of hydrogen-bond acceptors (Lipinski definition) is 4. The Morgan fingerprint density at radius 1 is 1.30 bits per heavy atom. The zero-order valence-electron chi connectivity index (χ0n) is 13.3. The number of pyridine rings is 1. The Kier molecular flexibility index (Phi) is 3.91. The van der Waals surface area contributed by atoms with Crippen LogP contribution in [-0.2, 0) is 0 Å². The molecule has 1 amide bonds. The number of hydrogen-bond donors (Lipinski definition) is 1. The first kappa shape index (κ1) is 14.8. The standard InChI is InChI=1S/C18H21N3OS/c1-12-14(3-2-8-19-12)16-4-5-17(23-16)18(22)20-15-11-21-9-6-13(15)7-10-21/h2-5,8,13,15H,6-7,9-11H2,1H3,(H,20,22)/t15-/m0/s1. The van der Waals surface area contributed by atoms with Crippen LogP contribution < -0.4 is 5.32 Å². The van der Waals surface area contributed by atoms with Crippen LogP contribution in [0, 0.1) is 12.8 Å². The van der Waals surface area contributed by atoms with E-state index in [4.69, 9.17) is 0 Å². The molecule has 0 unspecified atom stereocenters. The highest BCUT2D eigenvalue weighted by atomic mass is 32.1. The largest absolute Gasteiger partial charge is 0.347 e. The summed E-state index contributed by atoms with van der Waals surface area (Å²) in [5.41, 5.74) is 2.11. The highest BCUT2D eigenvalue weighted by molar-refractivity contribution is 7.17. The van der Waals surface area contributed by atoms with Gasteiger partial charge in [0.1, 0.15) is 0 Å². The lowest BCUT2D eigenvalue weighted by molar-refractivity contribution is 0.0622. The second-order valence-electron chi connectivity index (χ2n) is 6.52. The van der Waals surface area contributed by atoms with Crippen LogP contribution in [-0.4, -0.2) is 41.5 Å². The molecule has 0 saturated carbocycles. The van der Waals surface area contributed by atoms with E-state index in [1.165, 1.54) is 25.9 Å². The normalized spacial score (nSPS) is 26.2. The molecule has 0 aromatic carbocycles. The molecule has 2 bridgehead atoms. The molecule has 0 radical (unpaired) electrons. The van der Waals surface area contributed by atoms with Crippen LogP contribution in [0.25, 0.3) is 10.4 Å². The van der Waals surface area contributed by atoms with Crippen LogP contribution in [0.1, 0.15) is 28.2 Å². The lowest BCUT2D eigenvalue weighted by Crippen LogP contribution is -2.57. The number of thiophene rings is 1. The molecule has 0 spiro atoms. The second-order valence-corrected chi connectivity index (χ2v) is 7.60. The van der Waals surface area contributed by atoms with Crippen molar-refractivity contribution in [2.75, 3.05) is 19.6 Å². The first-order valence-corrected chi connectivity index (χ1v) is 9.07. The lowest BCUT2D eigenvalue weighted by Gasteiger charge is -2.44. The predicted molar refractivity (Wildman–Crippen MR) is 92.7 cm³/mol. The summed E-state index contributed by atoms with van der Waals surface area (Å²) < 4.78 is 0. The molecular formula is C18H21N3OS. The Morgan fingerprint density at radius 3 is 2.83 bits per heavy atom. The van der Waals surface area contributed by atoms with Crippen molar-refractivity contribution in [3.8, 4) is 10.4 Å². The smallest absolute Gasteiger partial charge is 0.261 e. The molecule has 0 aliphatic carbocycles. The topological polar surface area (TPSA) is 45.2 Å². The summed E-state index contributed by atoms with van der Waals surface area (Å²) in [6.07, 6.45) is 4.23. The first-order chi connectivity index (χ1) is 11.2. The van der Waals surface area contributed by atoms with Crippen molar-refractivity contribution in [3.05, 3.63) is 41.0 Å². The number of aryl methyl sites for hydroxylation is 1. The number of carbonyl (C=O) groups excluding carboxylic acids is 1. The van der Waals surface area contributed by atoms with Gasteiger partial charge in [0.2, 0.25) is 0 Å². The van der Waals surface area contributed by atoms with Crippen LogP contribution >= 0.6 is 11.3 Å². The van der Waals surface area contributed by atoms with Crippen molar-refractivity contribution in [2.24, 2.45) is 5.92 Å². The molecule has 3 aliphatic rings. The van der Waals surface area contributed by atoms with Gasteiger partial charge in [-0.3, -0.25) is 9.78 Å². The third-order valence-corrected chi connectivity index (χ3v) is 6.19. The van der Waals surface area contributed by atoms with Crippen molar-refractivity contribution in [1.82, 2.24) is 15.2 Å². The molecular weight excluding hydrogens is 306 g/mol. The first-order valence-electron chi connectivity index (χ1n) is 8.26. The van der Waals surface area contributed by atoms with Gasteiger partial charge in [0.25, 0.3) is 5.91 Å². The van der Waals surface area contributed by atoms with Gasteiger partial charge in [-0.1, -0.05) is 6.07 Å². The molecule has 2 aromatic rings. The van der Waals surface area contributed by atoms with Gasteiger partial charge in [-0.05, 0) is 57.0 Å². The minimum absolute atomic E-state index is 0.0709. The molecule has 120 valence electrons. The van der Waals surface area contributed by atoms with Crippen molar-refractivity contribution in [2.45, 2.75) is 25.8 Å². The quantitative estimate of drug-likeness (QED) is 0.943. The monoisotopic (exact) mass is 327 g/mol. The Balaban J connectivity index is 1.48. The fourth-order valence-corrected chi connectivity index (χ4v) is 4.70. The summed E-state index contributed by atoms with van der Waals surface area (Å²) >= 11 is 1.55. The van der Waals surface area contributed by atoms with E-state index in [1.807, 2.05) is 25.1 Å². The van der Waals surface area contributed by atoms with Gasteiger partial charge < -0.3 is 10.2 Å². The fourth-order valence-electron chi connectivity index (χ4n) is 3.72. The highest BCUT2D eigenvalue weighted by Gasteiger charge is 2.35. The third-order valence-electron chi connectivity index (χ3n) is 5.07. The van der Waals surface area contributed by atoms with E-state index in [2.05, 4.69) is 21.3 Å². The molecule has 4 nitrogen and oxygen atoms in total. The Bertz CT molecular complexity index is 719. The van der Waals surface area contributed by atoms with Crippen LogP contribution in [0.4, 0.5) is 0 Å². The molecule has 1 N–H and O–H groups in total. The fraction of sp³-hybridized carbons (Fsp3) is 0.444. The van der Waals surface area contributed by atoms with Gasteiger partial charge in [-0.15, -0.1) is 11.3 Å². The summed E-state index contributed by atoms with van der Waals surface area (Å²) in [5.74, 6) is 0.727. The number of rotatable bonds is 3. The maximum absolute atomic E-state index is 12.6. The van der Waals surface area contributed by atoms with Crippen LogP contribution in [0.2, 0.25) is 0 Å². The van der Waals surface area contributed by atoms with Gasteiger partial charge in [-0.2, -0.15) is 0 Å². The molecule has 23 heavy (non-hydrogen) atoms. The number of nitrogens with one attached hydrogen (secondary N) is 1. The molecule has 3 fully saturated rings. The van der Waals surface area contributed by atoms with Crippen molar-refractivity contribution in [3.63, 3.8) is 0 Å². The molecule has 3 saturated heterocycles. The van der Waals surface area contributed by atoms with E-state index in [9.17, 15) is 4.79 Å². The van der Waals surface area contributed by atoms with E-state index >= 15 is 0 Å². The Morgan fingerprint density at radius 2 is 2.13 bits per heavy atom. The van der Waals surface area contributed by atoms with Crippen LogP contribution in [0.15, 0.2) is 30.5 Å². The van der Waals surface area contributed by atoms with Crippen molar-refractivity contribution < 1.29 is 4.79 Å². The molecule has 5 heterocycles. The average molecular weight is 327 g/mol. The second kappa shape index (κ2) is 6.06. The third kappa shape index (κ3) is 2.91. The summed E-state index contributed by atoms with van der Waals surface area (Å²) in [6, 6.07) is 8.28. The SMILES string of the molecule is Cc1ncccc1-c1ccc(C(=O)N[C@H]2CN3CCC2CC3)s1. The zero-order valence-corrected chi connectivity index (χ0v) is 14.1. The zero-order chi connectivity index (χ0) is 15.8. The van der Waals surface area contributed by atoms with Gasteiger partial charge in [-0.25, -0.2) is 0 Å². The van der Waals surface area contributed by atoms with E-state index < -0.39 is 0 Å². The number of carbonyl (C=O) groups is 1. The number of amides is 1. The highest BCUT2D eigenvalue weighted by Crippen LogP contribution is 2.31. The van der Waals surface area contributed by atoms with Crippen LogP contribution in [0.5, 0.6) is 0 Å². The maximum atomic E-state index is 12.6. The minimum atomic E-state index is 0.0709. The van der Waals surface area contributed by atoms with Crippen molar-refractivity contribution in [1.29, 1.82) is 0 Å². The Labute approximate surface area is 140 Å². The van der Waals surface area contributed by atoms with Gasteiger partial charge in [0.15, 0.2) is 0 Å². The number of fused-ring (bicyclic) bond motifs is 3. The average Bonchev–Trinajstić information content (AvgIpc) is 3.06. The lowest BCUT2D eigenvalue weighted by atomic mass is 9.84. The summed E-state index contributed by atoms with van der Waals surface area (Å²) in [7, 11) is 0. The van der Waals surface area contributed by atoms with Crippen molar-refractivity contribution >= 4 is 17.2 Å². The predicted octanol–water partition coefficient (Wildman–Crippen LogP) is 2.94. The van der Waals surface area contributed by atoms with Gasteiger partial charge in [0, 0.05) is 34.9 Å². The van der Waals surface area contributed by atoms with E-state index in [0.717, 1.165) is 27.6 Å². The molecule has 2 aromatic heterocycles. The summed E-state index contributed by atoms with van der Waals surface area (Å²) in [5, 5.41) is 3.26. The molecule has 1 atom stereocenters. The van der Waals surface area contributed by atoms with Gasteiger partial charge in [0.05, 0.1) is 4.88 Å². The molecule has 5 rings (SSSR count). The van der Waals surface area contributed by atoms with Crippen LogP contribution in [0.3, 0.4) is 0 Å². The molecule has 5 heteroatoms. The summed E-state index contributed by atoms with van der Waals surface area (Å²) in [6.45, 7) is 5.40. The Hall–Kier alpha value is -1.72. The minimum Gasteiger partial charge on any atom is -0.347 e. The van der Waals surface area contributed by atoms with Gasteiger partial charge >= 0.3 is 0 Å². The van der Waals surface area contributed by atoms with E-state index in [1.54, 1.807) is 17.5 Å². The van der Waals surface area contributed by atoms with E-state index in [0.29, 0.717) is 12.0 Å². The maximum Gasteiger partial charge on any atom is 0.261 e. The number of aromatic nitrogens is 1. The molecule has 3 aliphatic heterocycles.